The van der Waals surface area contributed by atoms with Crippen LogP contribution in [0, 0.1) is 21.1 Å². The predicted octanol–water partition coefficient (Wildman–Crippen LogP) is 7.06. The van der Waals surface area contributed by atoms with Crippen LogP contribution in [0.2, 0.25) is 13.1 Å². The summed E-state index contributed by atoms with van der Waals surface area (Å²) in [6.45, 7) is 4.31. The van der Waals surface area contributed by atoms with Crippen LogP contribution in [-0.2, 0) is 21.7 Å². The van der Waals surface area contributed by atoms with Gasteiger partial charge in [-0.3, -0.25) is 0 Å². The number of para-hydroxylation sites is 1. The molecule has 138 valence electrons. The molecule has 2 radical (unpaired) electrons. The molecular formula is C21H27Cl2NSiTi. The average Bonchev–Trinajstić information content (AvgIpc) is 3.17. The number of H-pyrrole nitrogens is 1. The van der Waals surface area contributed by atoms with Crippen molar-refractivity contribution >= 4 is 56.0 Å². The molecule has 0 unspecified atom stereocenters. The maximum atomic E-state index is 2.99. The van der Waals surface area contributed by atoms with Gasteiger partial charge in [-0.25, -0.2) is 0 Å². The van der Waals surface area contributed by atoms with Gasteiger partial charge in [0.2, 0.25) is 0 Å². The van der Waals surface area contributed by atoms with E-state index in [0.717, 1.165) is 15.0 Å². The van der Waals surface area contributed by atoms with Crippen LogP contribution < -0.4 is 0 Å². The Labute approximate surface area is 188 Å². The standard InChI is InChI=1S/C9H7.C8H6N.C2H6Si.2CH3.2ClH.Ti/c1-2-5-9-7-3-6-8(9)4-1;1-2-4-8-7(3-1)5-6-9-8;1-3-2;;;;;/h1-7H;1-5,9H;1-2H3;2*1H3;2*1H;/q2*-1;;2*-1;;;+4. The van der Waals surface area contributed by atoms with Crippen molar-refractivity contribution in [2.75, 3.05) is 0 Å². The van der Waals surface area contributed by atoms with Crippen molar-refractivity contribution in [3.05, 3.63) is 93.8 Å². The van der Waals surface area contributed by atoms with E-state index in [9.17, 15) is 0 Å². The predicted molar refractivity (Wildman–Crippen MR) is 121 cm³/mol. The molecule has 1 aromatic heterocycles. The van der Waals surface area contributed by atoms with Gasteiger partial charge in [0, 0.05) is 9.52 Å². The van der Waals surface area contributed by atoms with Gasteiger partial charge >= 0.3 is 21.7 Å². The van der Waals surface area contributed by atoms with E-state index >= 15 is 0 Å². The Morgan fingerprint density at radius 3 is 1.96 bits per heavy atom. The Morgan fingerprint density at radius 1 is 0.846 bits per heavy atom. The number of fused-ring (bicyclic) bond motifs is 2. The maximum absolute atomic E-state index is 2.99. The Kier molecular flexibility index (Phi) is 23.8. The van der Waals surface area contributed by atoms with Gasteiger partial charge in [0.1, 0.15) is 0 Å². The van der Waals surface area contributed by atoms with Gasteiger partial charge < -0.3 is 19.8 Å². The van der Waals surface area contributed by atoms with Gasteiger partial charge in [-0.15, -0.1) is 78.3 Å². The Hall–Kier alpha value is -0.899. The molecule has 1 N–H and O–H groups in total. The van der Waals surface area contributed by atoms with Crippen LogP contribution >= 0.6 is 24.8 Å². The van der Waals surface area contributed by atoms with Gasteiger partial charge in [0.05, 0.1) is 0 Å². The molecule has 3 aromatic carbocycles. The molecule has 0 amide bonds. The summed E-state index contributed by atoms with van der Waals surface area (Å²) < 4.78 is 0. The molecule has 0 fully saturated rings. The third-order valence-electron chi connectivity index (χ3n) is 2.94. The molecule has 26 heavy (non-hydrogen) atoms. The fourth-order valence-corrected chi connectivity index (χ4v) is 2.00. The molecule has 5 heteroatoms. The van der Waals surface area contributed by atoms with Crippen molar-refractivity contribution in [1.29, 1.82) is 0 Å². The SMILES string of the molecule is C[Si]C.Cl.Cl.[CH3-].[CH3-].[Ti+4].[c-]1cc2ccccc2[nH]1.c1ccc2[cH-]ccc2c1. The van der Waals surface area contributed by atoms with Gasteiger partial charge in [-0.1, -0.05) is 31.3 Å². The summed E-state index contributed by atoms with van der Waals surface area (Å²) in [6.07, 6.45) is 2.91. The van der Waals surface area contributed by atoms with E-state index in [1.54, 1.807) is 0 Å². The number of hydrogen-bond acceptors (Lipinski definition) is 0. The minimum Gasteiger partial charge on any atom is -0.477 e. The maximum Gasteiger partial charge on any atom is 4.00 e. The first-order valence-electron chi connectivity index (χ1n) is 6.98. The smallest absolute Gasteiger partial charge is 0.477 e. The van der Waals surface area contributed by atoms with Crippen LogP contribution in [-0.4, -0.2) is 14.5 Å². The van der Waals surface area contributed by atoms with Crippen LogP contribution in [0.1, 0.15) is 0 Å². The van der Waals surface area contributed by atoms with E-state index in [1.165, 1.54) is 16.2 Å². The molecular weight excluding hydrogens is 413 g/mol. The van der Waals surface area contributed by atoms with Crippen molar-refractivity contribution in [2.45, 2.75) is 13.1 Å². The minimum atomic E-state index is 0. The van der Waals surface area contributed by atoms with Crippen molar-refractivity contribution in [3.8, 4) is 0 Å². The topological polar surface area (TPSA) is 15.8 Å². The molecule has 0 saturated carbocycles. The Balaban J connectivity index is -0.000000139. The van der Waals surface area contributed by atoms with E-state index in [2.05, 4.69) is 72.8 Å². The largest absolute Gasteiger partial charge is 4.00 e. The summed E-state index contributed by atoms with van der Waals surface area (Å²) in [5, 5.41) is 3.88. The monoisotopic (exact) mass is 439 g/mol. The number of hydrogen-bond donors (Lipinski definition) is 1. The molecule has 0 atom stereocenters. The van der Waals surface area contributed by atoms with Crippen molar-refractivity contribution < 1.29 is 21.7 Å². The molecule has 0 aliphatic carbocycles. The van der Waals surface area contributed by atoms with E-state index in [0.29, 0.717) is 0 Å². The van der Waals surface area contributed by atoms with Gasteiger partial charge in [-0.2, -0.15) is 29.0 Å². The van der Waals surface area contributed by atoms with Crippen molar-refractivity contribution in [3.63, 3.8) is 0 Å². The van der Waals surface area contributed by atoms with Crippen LogP contribution in [0.5, 0.6) is 0 Å². The molecule has 4 aromatic rings. The Morgan fingerprint density at radius 2 is 1.38 bits per heavy atom. The first-order valence-corrected chi connectivity index (χ1v) is 8.98. The van der Waals surface area contributed by atoms with E-state index in [1.807, 2.05) is 24.3 Å². The number of halogens is 2. The third-order valence-corrected chi connectivity index (χ3v) is 2.94. The second-order valence-corrected chi connectivity index (χ2v) is 5.66. The fraction of sp³-hybridized carbons (Fsp3) is 0.0952. The zero-order valence-electron chi connectivity index (χ0n) is 15.7. The van der Waals surface area contributed by atoms with Crippen molar-refractivity contribution in [2.24, 2.45) is 0 Å². The Bertz CT molecular complexity index is 657. The zero-order valence-corrected chi connectivity index (χ0v) is 19.9. The summed E-state index contributed by atoms with van der Waals surface area (Å²) in [5.74, 6) is 0. The zero-order chi connectivity index (χ0) is 14.9. The average molecular weight is 440 g/mol. The second-order valence-electron chi connectivity index (χ2n) is 4.66. The normalized spacial score (nSPS) is 7.77. The first kappa shape index (κ1) is 32.7. The van der Waals surface area contributed by atoms with Gasteiger partial charge in [0.25, 0.3) is 0 Å². The van der Waals surface area contributed by atoms with E-state index in [-0.39, 0.29) is 61.4 Å². The molecule has 4 rings (SSSR count). The molecule has 0 saturated heterocycles. The summed E-state index contributed by atoms with van der Waals surface area (Å²) in [5.41, 5.74) is 1.15. The number of rotatable bonds is 0. The quantitative estimate of drug-likeness (QED) is 0.223. The summed E-state index contributed by atoms with van der Waals surface area (Å²) in [6, 6.07) is 24.7. The summed E-state index contributed by atoms with van der Waals surface area (Å²) in [4.78, 5) is 2.99. The minimum absolute atomic E-state index is 0. The number of aromatic amines is 1. The number of aromatic nitrogens is 1. The van der Waals surface area contributed by atoms with Crippen LogP contribution in [0.25, 0.3) is 21.7 Å². The third kappa shape index (κ3) is 10.3. The summed E-state index contributed by atoms with van der Waals surface area (Å²) in [7, 11) is 1.08. The van der Waals surface area contributed by atoms with Crippen LogP contribution in [0.15, 0.2) is 72.8 Å². The van der Waals surface area contributed by atoms with Crippen LogP contribution in [0.3, 0.4) is 0 Å². The molecule has 0 bridgehead atoms. The fourth-order valence-electron chi connectivity index (χ4n) is 2.00. The van der Waals surface area contributed by atoms with Gasteiger partial charge in [-0.05, 0) is 0 Å². The summed E-state index contributed by atoms with van der Waals surface area (Å²) >= 11 is 0. The van der Waals surface area contributed by atoms with Gasteiger partial charge in [0.15, 0.2) is 0 Å². The molecule has 0 spiro atoms. The second kappa shape index (κ2) is 18.9. The number of benzene rings is 2. The molecule has 0 aliphatic heterocycles. The van der Waals surface area contributed by atoms with E-state index in [4.69, 9.17) is 0 Å². The number of nitrogens with one attached hydrogen (secondary N) is 1. The molecule has 0 aliphatic rings. The molecule has 1 heterocycles. The van der Waals surface area contributed by atoms with Crippen LogP contribution in [0.4, 0.5) is 0 Å². The van der Waals surface area contributed by atoms with Crippen molar-refractivity contribution in [1.82, 2.24) is 4.98 Å². The molecule has 1 nitrogen and oxygen atoms in total. The van der Waals surface area contributed by atoms with E-state index < -0.39 is 0 Å². The first-order chi connectivity index (χ1) is 10.3.